The Kier molecular flexibility index (Phi) is 5.47. The van der Waals surface area contributed by atoms with Crippen molar-refractivity contribution in [2.45, 2.75) is 12.5 Å². The third-order valence-corrected chi connectivity index (χ3v) is 2.19. The number of ether oxygens (including phenoxy) is 2. The van der Waals surface area contributed by atoms with Gasteiger partial charge in [-0.3, -0.25) is 0 Å². The molecule has 4 heteroatoms. The van der Waals surface area contributed by atoms with Crippen molar-refractivity contribution in [2.75, 3.05) is 20.3 Å². The van der Waals surface area contributed by atoms with Gasteiger partial charge in [0.15, 0.2) is 0 Å². The van der Waals surface area contributed by atoms with E-state index in [1.807, 2.05) is 12.1 Å². The highest BCUT2D eigenvalue weighted by molar-refractivity contribution is 6.30. The van der Waals surface area contributed by atoms with Crippen molar-refractivity contribution in [3.63, 3.8) is 0 Å². The van der Waals surface area contributed by atoms with Gasteiger partial charge in [0.1, 0.15) is 12.4 Å². The summed E-state index contributed by atoms with van der Waals surface area (Å²) in [4.78, 5) is 0. The number of halogens is 1. The highest BCUT2D eigenvalue weighted by Gasteiger charge is 2.03. The molecule has 15 heavy (non-hydrogen) atoms. The molecule has 0 radical (unpaired) electrons. The van der Waals surface area contributed by atoms with Crippen LogP contribution in [0.5, 0.6) is 5.75 Å². The molecule has 1 aromatic carbocycles. The lowest BCUT2D eigenvalue weighted by Crippen LogP contribution is -2.29. The van der Waals surface area contributed by atoms with E-state index in [1.165, 1.54) is 0 Å². The normalized spacial score (nSPS) is 12.5. The number of nitrogens with two attached hydrogens (primary N) is 1. The Bertz CT molecular complexity index is 294. The molecule has 1 atom stereocenters. The van der Waals surface area contributed by atoms with Gasteiger partial charge in [-0.25, -0.2) is 0 Å². The minimum absolute atomic E-state index is 0.0102. The standard InChI is InChI=1S/C11H16ClNO2/c1-14-6-5-10(13)8-15-11-4-2-3-9(12)7-11/h2-4,7,10H,5-6,8,13H2,1H3. The van der Waals surface area contributed by atoms with E-state index in [0.717, 1.165) is 12.2 Å². The molecular weight excluding hydrogens is 214 g/mol. The van der Waals surface area contributed by atoms with Crippen molar-refractivity contribution in [3.8, 4) is 5.75 Å². The second-order valence-electron chi connectivity index (χ2n) is 3.31. The van der Waals surface area contributed by atoms with Crippen LogP contribution in [0.25, 0.3) is 0 Å². The number of methoxy groups -OCH3 is 1. The monoisotopic (exact) mass is 229 g/mol. The zero-order chi connectivity index (χ0) is 11.1. The highest BCUT2D eigenvalue weighted by atomic mass is 35.5. The predicted octanol–water partition coefficient (Wildman–Crippen LogP) is 2.08. The zero-order valence-electron chi connectivity index (χ0n) is 8.78. The minimum Gasteiger partial charge on any atom is -0.492 e. The largest absolute Gasteiger partial charge is 0.492 e. The van der Waals surface area contributed by atoms with Gasteiger partial charge in [0.05, 0.1) is 0 Å². The number of benzene rings is 1. The molecule has 0 heterocycles. The molecule has 0 aromatic heterocycles. The van der Waals surface area contributed by atoms with E-state index in [1.54, 1.807) is 19.2 Å². The maximum Gasteiger partial charge on any atom is 0.120 e. The first-order valence-electron chi connectivity index (χ1n) is 4.85. The molecule has 84 valence electrons. The zero-order valence-corrected chi connectivity index (χ0v) is 9.54. The van der Waals surface area contributed by atoms with Gasteiger partial charge in [-0.2, -0.15) is 0 Å². The summed E-state index contributed by atoms with van der Waals surface area (Å²) in [7, 11) is 1.66. The summed E-state index contributed by atoms with van der Waals surface area (Å²) in [5, 5.41) is 0.665. The van der Waals surface area contributed by atoms with Crippen LogP contribution in [0, 0.1) is 0 Å². The third-order valence-electron chi connectivity index (χ3n) is 1.95. The molecule has 0 aliphatic heterocycles. The first-order chi connectivity index (χ1) is 7.22. The fourth-order valence-corrected chi connectivity index (χ4v) is 1.29. The van der Waals surface area contributed by atoms with E-state index in [4.69, 9.17) is 26.8 Å². The van der Waals surface area contributed by atoms with Crippen LogP contribution in [-0.2, 0) is 4.74 Å². The van der Waals surface area contributed by atoms with Crippen molar-refractivity contribution >= 4 is 11.6 Å². The van der Waals surface area contributed by atoms with Gasteiger partial charge in [0.25, 0.3) is 0 Å². The van der Waals surface area contributed by atoms with E-state index >= 15 is 0 Å². The average Bonchev–Trinajstić information content (AvgIpc) is 2.23. The SMILES string of the molecule is COCCC(N)COc1cccc(Cl)c1. The van der Waals surface area contributed by atoms with E-state index in [-0.39, 0.29) is 6.04 Å². The van der Waals surface area contributed by atoms with E-state index in [0.29, 0.717) is 18.2 Å². The molecule has 0 bridgehead atoms. The lowest BCUT2D eigenvalue weighted by Gasteiger charge is -2.12. The number of hydrogen-bond acceptors (Lipinski definition) is 3. The van der Waals surface area contributed by atoms with Crippen molar-refractivity contribution in [3.05, 3.63) is 29.3 Å². The molecule has 0 aliphatic carbocycles. The Balaban J connectivity index is 2.30. The third kappa shape index (κ3) is 5.02. The topological polar surface area (TPSA) is 44.5 Å². The van der Waals surface area contributed by atoms with Gasteiger partial charge < -0.3 is 15.2 Å². The molecule has 0 saturated carbocycles. The summed E-state index contributed by atoms with van der Waals surface area (Å²) >= 11 is 5.81. The van der Waals surface area contributed by atoms with Crippen LogP contribution in [0.2, 0.25) is 5.02 Å². The summed E-state index contributed by atoms with van der Waals surface area (Å²) < 4.78 is 10.4. The summed E-state index contributed by atoms with van der Waals surface area (Å²) in [5.74, 6) is 0.746. The molecular formula is C11H16ClNO2. The number of hydrogen-bond donors (Lipinski definition) is 1. The summed E-state index contributed by atoms with van der Waals surface area (Å²) in [6, 6.07) is 7.26. The van der Waals surface area contributed by atoms with E-state index in [9.17, 15) is 0 Å². The van der Waals surface area contributed by atoms with Crippen LogP contribution in [0.3, 0.4) is 0 Å². The van der Waals surface area contributed by atoms with Crippen molar-refractivity contribution in [1.29, 1.82) is 0 Å². The quantitative estimate of drug-likeness (QED) is 0.813. The fraction of sp³-hybridized carbons (Fsp3) is 0.455. The van der Waals surface area contributed by atoms with E-state index in [2.05, 4.69) is 0 Å². The molecule has 0 spiro atoms. The molecule has 3 nitrogen and oxygen atoms in total. The van der Waals surface area contributed by atoms with Crippen LogP contribution in [-0.4, -0.2) is 26.4 Å². The highest BCUT2D eigenvalue weighted by Crippen LogP contribution is 2.17. The first kappa shape index (κ1) is 12.3. The summed E-state index contributed by atoms with van der Waals surface area (Å²) in [5.41, 5.74) is 5.81. The van der Waals surface area contributed by atoms with Crippen LogP contribution in [0.4, 0.5) is 0 Å². The Hall–Kier alpha value is -0.770. The van der Waals surface area contributed by atoms with Gasteiger partial charge >= 0.3 is 0 Å². The lowest BCUT2D eigenvalue weighted by atomic mass is 10.2. The minimum atomic E-state index is -0.0102. The second kappa shape index (κ2) is 6.67. The maximum atomic E-state index is 5.81. The van der Waals surface area contributed by atoms with Crippen molar-refractivity contribution in [2.24, 2.45) is 5.73 Å². The summed E-state index contributed by atoms with van der Waals surface area (Å²) in [6.45, 7) is 1.13. The van der Waals surface area contributed by atoms with Crippen molar-refractivity contribution < 1.29 is 9.47 Å². The molecule has 1 rings (SSSR count). The molecule has 2 N–H and O–H groups in total. The van der Waals surface area contributed by atoms with E-state index < -0.39 is 0 Å². The van der Waals surface area contributed by atoms with Crippen LogP contribution in [0.15, 0.2) is 24.3 Å². The maximum absolute atomic E-state index is 5.81. The predicted molar refractivity (Wildman–Crippen MR) is 61.4 cm³/mol. The Labute approximate surface area is 95.1 Å². The fourth-order valence-electron chi connectivity index (χ4n) is 1.11. The van der Waals surface area contributed by atoms with Gasteiger partial charge in [0.2, 0.25) is 0 Å². The molecule has 1 unspecified atom stereocenters. The Morgan fingerprint density at radius 2 is 2.27 bits per heavy atom. The van der Waals surface area contributed by atoms with Crippen LogP contribution in [0.1, 0.15) is 6.42 Å². The average molecular weight is 230 g/mol. The van der Waals surface area contributed by atoms with Crippen LogP contribution >= 0.6 is 11.6 Å². The van der Waals surface area contributed by atoms with Crippen LogP contribution < -0.4 is 10.5 Å². The van der Waals surface area contributed by atoms with Crippen molar-refractivity contribution in [1.82, 2.24) is 0 Å². The molecule has 0 fully saturated rings. The van der Waals surface area contributed by atoms with Gasteiger partial charge in [-0.1, -0.05) is 17.7 Å². The van der Waals surface area contributed by atoms with Gasteiger partial charge in [0, 0.05) is 24.8 Å². The molecule has 1 aromatic rings. The smallest absolute Gasteiger partial charge is 0.120 e. The van der Waals surface area contributed by atoms with Gasteiger partial charge in [-0.15, -0.1) is 0 Å². The number of rotatable bonds is 6. The second-order valence-corrected chi connectivity index (χ2v) is 3.75. The summed E-state index contributed by atoms with van der Waals surface area (Å²) in [6.07, 6.45) is 0.789. The van der Waals surface area contributed by atoms with Gasteiger partial charge in [-0.05, 0) is 24.6 Å². The molecule has 0 amide bonds. The first-order valence-corrected chi connectivity index (χ1v) is 5.23. The Morgan fingerprint density at radius 1 is 1.47 bits per heavy atom. The lowest BCUT2D eigenvalue weighted by molar-refractivity contribution is 0.175. The Morgan fingerprint density at radius 3 is 2.93 bits per heavy atom. The molecule has 0 aliphatic rings. The molecule has 0 saturated heterocycles.